The van der Waals surface area contributed by atoms with Gasteiger partial charge >= 0.3 is 0 Å². The van der Waals surface area contributed by atoms with Gasteiger partial charge in [-0.15, -0.1) is 0 Å². The first-order valence-corrected chi connectivity index (χ1v) is 10.1. The standard InChI is InChI=1S/C24H25N3O2/c28-24(22-5-11-25-12-6-22)27-15-9-20(10-16-27)17-19-1-3-21(4-2-19)18-29-23-7-13-26-14-8-23/h1-8,11-14,20H,9-10,15-18H2. The number of ether oxygens (including phenoxy) is 1. The van der Waals surface area contributed by atoms with Crippen LogP contribution in [-0.2, 0) is 13.0 Å². The first-order valence-electron chi connectivity index (χ1n) is 10.1. The van der Waals surface area contributed by atoms with Crippen LogP contribution in [0.5, 0.6) is 5.75 Å². The molecule has 0 atom stereocenters. The van der Waals surface area contributed by atoms with Crippen molar-refractivity contribution in [3.63, 3.8) is 0 Å². The van der Waals surface area contributed by atoms with Gasteiger partial charge in [0.15, 0.2) is 0 Å². The molecule has 5 nitrogen and oxygen atoms in total. The number of amides is 1. The smallest absolute Gasteiger partial charge is 0.253 e. The van der Waals surface area contributed by atoms with E-state index in [2.05, 4.69) is 34.2 Å². The second-order valence-electron chi connectivity index (χ2n) is 7.46. The molecule has 1 aliphatic rings. The highest BCUT2D eigenvalue weighted by Gasteiger charge is 2.23. The number of benzene rings is 1. The molecule has 0 spiro atoms. The third-order valence-corrected chi connectivity index (χ3v) is 5.43. The molecule has 3 heterocycles. The van der Waals surface area contributed by atoms with E-state index in [1.54, 1.807) is 36.9 Å². The van der Waals surface area contributed by atoms with Gasteiger partial charge in [-0.3, -0.25) is 14.8 Å². The summed E-state index contributed by atoms with van der Waals surface area (Å²) in [6.45, 7) is 2.20. The zero-order chi connectivity index (χ0) is 19.9. The van der Waals surface area contributed by atoms with Crippen molar-refractivity contribution in [2.24, 2.45) is 5.92 Å². The second-order valence-corrected chi connectivity index (χ2v) is 7.46. The van der Waals surface area contributed by atoms with E-state index in [4.69, 9.17) is 4.74 Å². The molecule has 0 N–H and O–H groups in total. The largest absolute Gasteiger partial charge is 0.489 e. The third-order valence-electron chi connectivity index (χ3n) is 5.43. The number of hydrogen-bond acceptors (Lipinski definition) is 4. The predicted molar refractivity (Wildman–Crippen MR) is 112 cm³/mol. The highest BCUT2D eigenvalue weighted by atomic mass is 16.5. The number of pyridine rings is 2. The number of likely N-dealkylation sites (tertiary alicyclic amines) is 1. The Kier molecular flexibility index (Phi) is 6.15. The topological polar surface area (TPSA) is 55.3 Å². The fourth-order valence-electron chi connectivity index (χ4n) is 3.72. The van der Waals surface area contributed by atoms with Crippen molar-refractivity contribution in [3.8, 4) is 5.75 Å². The first-order chi connectivity index (χ1) is 14.3. The predicted octanol–water partition coefficient (Wildman–Crippen LogP) is 4.15. The van der Waals surface area contributed by atoms with Crippen molar-refractivity contribution in [1.29, 1.82) is 0 Å². The summed E-state index contributed by atoms with van der Waals surface area (Å²) in [5.74, 6) is 1.57. The van der Waals surface area contributed by atoms with Gasteiger partial charge in [0.1, 0.15) is 12.4 Å². The Morgan fingerprint density at radius 1 is 0.862 bits per heavy atom. The van der Waals surface area contributed by atoms with E-state index >= 15 is 0 Å². The summed E-state index contributed by atoms with van der Waals surface area (Å²) in [7, 11) is 0. The lowest BCUT2D eigenvalue weighted by atomic mass is 9.89. The molecule has 4 rings (SSSR count). The Labute approximate surface area is 171 Å². The summed E-state index contributed by atoms with van der Waals surface area (Å²) in [6.07, 6.45) is 9.95. The van der Waals surface area contributed by atoms with E-state index in [0.29, 0.717) is 12.5 Å². The van der Waals surface area contributed by atoms with Crippen molar-refractivity contribution in [2.45, 2.75) is 25.9 Å². The van der Waals surface area contributed by atoms with Crippen LogP contribution in [0.15, 0.2) is 73.3 Å². The van der Waals surface area contributed by atoms with Crippen LogP contribution in [0.3, 0.4) is 0 Å². The van der Waals surface area contributed by atoms with E-state index < -0.39 is 0 Å². The van der Waals surface area contributed by atoms with Crippen molar-refractivity contribution in [3.05, 3.63) is 90.0 Å². The lowest BCUT2D eigenvalue weighted by Crippen LogP contribution is -2.38. The van der Waals surface area contributed by atoms with Gasteiger partial charge in [0.2, 0.25) is 0 Å². The number of aromatic nitrogens is 2. The van der Waals surface area contributed by atoms with Gasteiger partial charge in [-0.05, 0) is 60.6 Å². The lowest BCUT2D eigenvalue weighted by molar-refractivity contribution is 0.0690. The molecule has 5 heteroatoms. The summed E-state index contributed by atoms with van der Waals surface area (Å²) in [4.78, 5) is 22.5. The van der Waals surface area contributed by atoms with Crippen LogP contribution in [-0.4, -0.2) is 33.9 Å². The fraction of sp³-hybridized carbons (Fsp3) is 0.292. The van der Waals surface area contributed by atoms with Gasteiger partial charge in [-0.1, -0.05) is 24.3 Å². The van der Waals surface area contributed by atoms with E-state index in [1.807, 2.05) is 17.0 Å². The molecule has 0 saturated carbocycles. The summed E-state index contributed by atoms with van der Waals surface area (Å²) >= 11 is 0. The van der Waals surface area contributed by atoms with E-state index in [1.165, 1.54) is 5.56 Å². The Balaban J connectivity index is 1.24. The zero-order valence-corrected chi connectivity index (χ0v) is 16.4. The van der Waals surface area contributed by atoms with Gasteiger partial charge in [-0.2, -0.15) is 0 Å². The van der Waals surface area contributed by atoms with Crippen molar-refractivity contribution < 1.29 is 9.53 Å². The Morgan fingerprint density at radius 3 is 2.10 bits per heavy atom. The van der Waals surface area contributed by atoms with Gasteiger partial charge in [0.25, 0.3) is 5.91 Å². The average molecular weight is 387 g/mol. The molecular formula is C24H25N3O2. The molecule has 1 aromatic carbocycles. The van der Waals surface area contributed by atoms with Crippen molar-refractivity contribution >= 4 is 5.91 Å². The van der Waals surface area contributed by atoms with Gasteiger partial charge in [-0.25, -0.2) is 0 Å². The molecule has 0 radical (unpaired) electrons. The number of hydrogen-bond donors (Lipinski definition) is 0. The lowest BCUT2D eigenvalue weighted by Gasteiger charge is -2.32. The van der Waals surface area contributed by atoms with E-state index in [-0.39, 0.29) is 5.91 Å². The van der Waals surface area contributed by atoms with Gasteiger partial charge in [0.05, 0.1) is 0 Å². The quantitative estimate of drug-likeness (QED) is 0.638. The maximum Gasteiger partial charge on any atom is 0.253 e. The normalized spacial score (nSPS) is 14.6. The minimum absolute atomic E-state index is 0.115. The first kappa shape index (κ1) is 19.1. The Morgan fingerprint density at radius 2 is 1.45 bits per heavy atom. The molecule has 1 saturated heterocycles. The third kappa shape index (κ3) is 5.19. The molecule has 0 aliphatic carbocycles. The number of carbonyl (C=O) groups is 1. The molecule has 3 aromatic rings. The molecule has 2 aromatic heterocycles. The highest BCUT2D eigenvalue weighted by Crippen LogP contribution is 2.23. The SMILES string of the molecule is O=C(c1ccncc1)N1CCC(Cc2ccc(COc3ccncc3)cc2)CC1. The molecule has 0 unspecified atom stereocenters. The molecule has 1 amide bonds. The summed E-state index contributed by atoms with van der Waals surface area (Å²) in [6, 6.07) is 16.0. The average Bonchev–Trinajstić information content (AvgIpc) is 2.80. The highest BCUT2D eigenvalue weighted by molar-refractivity contribution is 5.94. The summed E-state index contributed by atoms with van der Waals surface area (Å²) in [5.41, 5.74) is 3.22. The van der Waals surface area contributed by atoms with Gasteiger partial charge in [0, 0.05) is 43.4 Å². The summed E-state index contributed by atoms with van der Waals surface area (Å²) in [5, 5.41) is 0. The molecule has 148 valence electrons. The molecule has 29 heavy (non-hydrogen) atoms. The number of piperidine rings is 1. The minimum Gasteiger partial charge on any atom is -0.489 e. The zero-order valence-electron chi connectivity index (χ0n) is 16.4. The van der Waals surface area contributed by atoms with E-state index in [9.17, 15) is 4.79 Å². The maximum atomic E-state index is 12.5. The number of nitrogens with zero attached hydrogens (tertiary/aromatic N) is 3. The Hall–Kier alpha value is -3.21. The van der Waals surface area contributed by atoms with Crippen LogP contribution < -0.4 is 4.74 Å². The van der Waals surface area contributed by atoms with Crippen LogP contribution in [0.4, 0.5) is 0 Å². The maximum absolute atomic E-state index is 12.5. The van der Waals surface area contributed by atoms with Crippen molar-refractivity contribution in [1.82, 2.24) is 14.9 Å². The Bertz CT molecular complexity index is 906. The second kappa shape index (κ2) is 9.32. The molecule has 0 bridgehead atoms. The van der Waals surface area contributed by atoms with Crippen LogP contribution in [0, 0.1) is 5.92 Å². The number of rotatable bonds is 6. The van der Waals surface area contributed by atoms with Crippen molar-refractivity contribution in [2.75, 3.05) is 13.1 Å². The summed E-state index contributed by atoms with van der Waals surface area (Å²) < 4.78 is 5.77. The molecule has 1 aliphatic heterocycles. The minimum atomic E-state index is 0.115. The molecular weight excluding hydrogens is 362 g/mol. The molecule has 1 fully saturated rings. The van der Waals surface area contributed by atoms with Gasteiger partial charge < -0.3 is 9.64 Å². The van der Waals surface area contributed by atoms with Crippen LogP contribution in [0.2, 0.25) is 0 Å². The van der Waals surface area contributed by atoms with Crippen LogP contribution >= 0.6 is 0 Å². The van der Waals surface area contributed by atoms with Crippen LogP contribution in [0.25, 0.3) is 0 Å². The van der Waals surface area contributed by atoms with Crippen LogP contribution in [0.1, 0.15) is 34.3 Å². The van der Waals surface area contributed by atoms with E-state index in [0.717, 1.165) is 49.2 Å². The fourth-order valence-corrected chi connectivity index (χ4v) is 3.72. The number of carbonyl (C=O) groups excluding carboxylic acids is 1. The monoisotopic (exact) mass is 387 g/mol.